The van der Waals surface area contributed by atoms with Crippen molar-refractivity contribution in [3.63, 3.8) is 0 Å². The molecule has 3 aromatic rings. The van der Waals surface area contributed by atoms with E-state index in [-0.39, 0.29) is 6.04 Å². The Kier molecular flexibility index (Phi) is 3.56. The lowest BCUT2D eigenvalue weighted by atomic mass is 10.2. The zero-order chi connectivity index (χ0) is 14.8. The summed E-state index contributed by atoms with van der Waals surface area (Å²) >= 11 is 0. The lowest BCUT2D eigenvalue weighted by Crippen LogP contribution is -2.09. The number of nitrogens with zero attached hydrogens (tertiary/aromatic N) is 2. The molecular formula is C16H19N3O2. The predicted molar refractivity (Wildman–Crippen MR) is 82.5 cm³/mol. The average molecular weight is 285 g/mol. The maximum absolute atomic E-state index is 6.11. The molecule has 21 heavy (non-hydrogen) atoms. The Labute approximate surface area is 123 Å². The first-order valence-corrected chi connectivity index (χ1v) is 7.15. The quantitative estimate of drug-likeness (QED) is 0.777. The van der Waals surface area contributed by atoms with Gasteiger partial charge in [0.2, 0.25) is 5.95 Å². The fourth-order valence-electron chi connectivity index (χ4n) is 2.50. The Bertz CT molecular complexity index is 731. The third-order valence-electron chi connectivity index (χ3n) is 3.51. The summed E-state index contributed by atoms with van der Waals surface area (Å²) in [5.41, 5.74) is 7.85. The molecule has 2 N–H and O–H groups in total. The van der Waals surface area contributed by atoms with Gasteiger partial charge in [0.1, 0.15) is 17.0 Å². The minimum atomic E-state index is -0.0218. The third kappa shape index (κ3) is 2.35. The number of hydrogen-bond acceptors (Lipinski definition) is 4. The van der Waals surface area contributed by atoms with Gasteiger partial charge in [-0.25, -0.2) is 4.98 Å². The van der Waals surface area contributed by atoms with Crippen molar-refractivity contribution >= 4 is 17.0 Å². The molecule has 1 atom stereocenters. The largest absolute Gasteiger partial charge is 0.491 e. The van der Waals surface area contributed by atoms with Gasteiger partial charge in [-0.3, -0.25) is 4.57 Å². The molecule has 1 aromatic carbocycles. The molecule has 0 spiro atoms. The molecule has 2 aromatic heterocycles. The van der Waals surface area contributed by atoms with Crippen LogP contribution in [0.2, 0.25) is 0 Å². The van der Waals surface area contributed by atoms with Crippen molar-refractivity contribution in [3.05, 3.63) is 42.4 Å². The SMILES string of the molecule is CCCOc1cccc2c1nc(N)n2C(C)c1ccco1. The number of furan rings is 1. The van der Waals surface area contributed by atoms with E-state index in [1.165, 1.54) is 0 Å². The van der Waals surface area contributed by atoms with E-state index in [4.69, 9.17) is 14.9 Å². The van der Waals surface area contributed by atoms with E-state index < -0.39 is 0 Å². The van der Waals surface area contributed by atoms with Crippen LogP contribution in [-0.2, 0) is 0 Å². The highest BCUT2D eigenvalue weighted by atomic mass is 16.5. The maximum Gasteiger partial charge on any atom is 0.202 e. The number of fused-ring (bicyclic) bond motifs is 1. The molecule has 3 rings (SSSR count). The van der Waals surface area contributed by atoms with E-state index in [9.17, 15) is 0 Å². The van der Waals surface area contributed by atoms with E-state index in [0.29, 0.717) is 12.6 Å². The van der Waals surface area contributed by atoms with Crippen molar-refractivity contribution in [1.29, 1.82) is 0 Å². The van der Waals surface area contributed by atoms with E-state index in [1.807, 2.05) is 41.8 Å². The summed E-state index contributed by atoms with van der Waals surface area (Å²) in [4.78, 5) is 4.47. The summed E-state index contributed by atoms with van der Waals surface area (Å²) in [6, 6.07) is 9.67. The van der Waals surface area contributed by atoms with Crippen LogP contribution in [0.4, 0.5) is 5.95 Å². The number of aromatic nitrogens is 2. The van der Waals surface area contributed by atoms with E-state index in [2.05, 4.69) is 11.9 Å². The molecule has 0 aliphatic carbocycles. The summed E-state index contributed by atoms with van der Waals surface area (Å²) in [6.45, 7) is 4.78. The first-order valence-electron chi connectivity index (χ1n) is 7.15. The van der Waals surface area contributed by atoms with Gasteiger partial charge < -0.3 is 14.9 Å². The number of nitrogen functional groups attached to an aromatic ring is 1. The Morgan fingerprint density at radius 3 is 2.90 bits per heavy atom. The first kappa shape index (κ1) is 13.5. The fourth-order valence-corrected chi connectivity index (χ4v) is 2.50. The van der Waals surface area contributed by atoms with Crippen molar-refractivity contribution < 1.29 is 9.15 Å². The average Bonchev–Trinajstić information content (AvgIpc) is 3.11. The van der Waals surface area contributed by atoms with Crippen LogP contribution >= 0.6 is 0 Å². The number of para-hydroxylation sites is 1. The molecule has 0 bridgehead atoms. The number of imidazole rings is 1. The van der Waals surface area contributed by atoms with Gasteiger partial charge in [0, 0.05) is 0 Å². The summed E-state index contributed by atoms with van der Waals surface area (Å²) in [6.07, 6.45) is 2.62. The molecule has 0 fully saturated rings. The molecule has 0 radical (unpaired) electrons. The monoisotopic (exact) mass is 285 g/mol. The van der Waals surface area contributed by atoms with Gasteiger partial charge in [0.25, 0.3) is 0 Å². The molecular weight excluding hydrogens is 266 g/mol. The Morgan fingerprint density at radius 2 is 2.19 bits per heavy atom. The number of nitrogens with two attached hydrogens (primary N) is 1. The van der Waals surface area contributed by atoms with Crippen molar-refractivity contribution in [2.45, 2.75) is 26.3 Å². The third-order valence-corrected chi connectivity index (χ3v) is 3.51. The molecule has 0 aliphatic heterocycles. The van der Waals surface area contributed by atoms with E-state index in [1.54, 1.807) is 6.26 Å². The highest BCUT2D eigenvalue weighted by Crippen LogP contribution is 2.32. The van der Waals surface area contributed by atoms with Crippen molar-refractivity contribution in [1.82, 2.24) is 9.55 Å². The van der Waals surface area contributed by atoms with Crippen molar-refractivity contribution in [2.75, 3.05) is 12.3 Å². The number of rotatable bonds is 5. The van der Waals surface area contributed by atoms with Crippen LogP contribution in [0, 0.1) is 0 Å². The lowest BCUT2D eigenvalue weighted by molar-refractivity contribution is 0.320. The zero-order valence-electron chi connectivity index (χ0n) is 12.2. The van der Waals surface area contributed by atoms with Gasteiger partial charge >= 0.3 is 0 Å². The Morgan fingerprint density at radius 1 is 1.33 bits per heavy atom. The van der Waals surface area contributed by atoms with Crippen LogP contribution in [0.5, 0.6) is 5.75 Å². The number of hydrogen-bond donors (Lipinski definition) is 1. The molecule has 2 heterocycles. The van der Waals surface area contributed by atoms with Crippen molar-refractivity contribution in [2.24, 2.45) is 0 Å². The van der Waals surface area contributed by atoms with Crippen LogP contribution in [0.25, 0.3) is 11.0 Å². The van der Waals surface area contributed by atoms with Crippen LogP contribution in [-0.4, -0.2) is 16.2 Å². The molecule has 110 valence electrons. The molecule has 0 saturated carbocycles. The van der Waals surface area contributed by atoms with Gasteiger partial charge in [-0.05, 0) is 37.6 Å². The van der Waals surface area contributed by atoms with Crippen LogP contribution in [0.3, 0.4) is 0 Å². The summed E-state index contributed by atoms with van der Waals surface area (Å²) in [7, 11) is 0. The minimum Gasteiger partial charge on any atom is -0.491 e. The second kappa shape index (κ2) is 5.52. The van der Waals surface area contributed by atoms with Gasteiger partial charge in [0.15, 0.2) is 0 Å². The first-order chi connectivity index (χ1) is 10.2. The molecule has 5 nitrogen and oxygen atoms in total. The molecule has 1 unspecified atom stereocenters. The zero-order valence-corrected chi connectivity index (χ0v) is 12.2. The molecule has 5 heteroatoms. The van der Waals surface area contributed by atoms with Crippen LogP contribution in [0.1, 0.15) is 32.1 Å². The Balaban J connectivity index is 2.09. The number of anilines is 1. The second-order valence-electron chi connectivity index (χ2n) is 5.00. The highest BCUT2D eigenvalue weighted by molar-refractivity contribution is 5.84. The molecule has 0 amide bonds. The van der Waals surface area contributed by atoms with Gasteiger partial charge in [-0.15, -0.1) is 0 Å². The topological polar surface area (TPSA) is 66.2 Å². The standard InChI is InChI=1S/C16H19N3O2/c1-3-9-20-14-7-4-6-12-15(14)18-16(17)19(12)11(2)13-8-5-10-21-13/h4-8,10-11H,3,9H2,1-2H3,(H2,17,18). The summed E-state index contributed by atoms with van der Waals surface area (Å²) in [5, 5.41) is 0. The van der Waals surface area contributed by atoms with Gasteiger partial charge in [0.05, 0.1) is 24.4 Å². The van der Waals surface area contributed by atoms with Crippen LogP contribution in [0.15, 0.2) is 41.0 Å². The maximum atomic E-state index is 6.11. The van der Waals surface area contributed by atoms with Crippen molar-refractivity contribution in [3.8, 4) is 5.75 Å². The highest BCUT2D eigenvalue weighted by Gasteiger charge is 2.19. The molecule has 0 saturated heterocycles. The van der Waals surface area contributed by atoms with E-state index >= 15 is 0 Å². The minimum absolute atomic E-state index is 0.0218. The summed E-state index contributed by atoms with van der Waals surface area (Å²) < 4.78 is 13.2. The Hall–Kier alpha value is -2.43. The number of benzene rings is 1. The van der Waals surface area contributed by atoms with E-state index in [0.717, 1.165) is 29.0 Å². The summed E-state index contributed by atoms with van der Waals surface area (Å²) in [5.74, 6) is 2.08. The lowest BCUT2D eigenvalue weighted by Gasteiger charge is -2.13. The smallest absolute Gasteiger partial charge is 0.202 e. The van der Waals surface area contributed by atoms with Crippen LogP contribution < -0.4 is 10.5 Å². The molecule has 0 aliphatic rings. The van der Waals surface area contributed by atoms with Gasteiger partial charge in [-0.1, -0.05) is 13.0 Å². The second-order valence-corrected chi connectivity index (χ2v) is 5.00. The fraction of sp³-hybridized carbons (Fsp3) is 0.312. The predicted octanol–water partition coefficient (Wildman–Crippen LogP) is 3.61. The van der Waals surface area contributed by atoms with Gasteiger partial charge in [-0.2, -0.15) is 0 Å². The normalized spacial score (nSPS) is 12.7. The number of ether oxygens (including phenoxy) is 1.